The number of phenolic OH excluding ortho intramolecular Hbond substituents is 1. The van der Waals surface area contributed by atoms with Crippen LogP contribution < -0.4 is 11.1 Å². The van der Waals surface area contributed by atoms with Gasteiger partial charge in [0.1, 0.15) is 5.75 Å². The van der Waals surface area contributed by atoms with Crippen molar-refractivity contribution in [1.82, 2.24) is 10.2 Å². The van der Waals surface area contributed by atoms with E-state index in [2.05, 4.69) is 17.3 Å². The van der Waals surface area contributed by atoms with Crippen LogP contribution in [0.25, 0.3) is 0 Å². The van der Waals surface area contributed by atoms with Gasteiger partial charge in [-0.1, -0.05) is 12.1 Å². The van der Waals surface area contributed by atoms with E-state index in [1.54, 1.807) is 24.3 Å². The number of nitrogens with two attached hydrogens (primary N) is 1. The minimum Gasteiger partial charge on any atom is -0.508 e. The molecule has 0 saturated carbocycles. The van der Waals surface area contributed by atoms with Gasteiger partial charge in [-0.2, -0.15) is 0 Å². The summed E-state index contributed by atoms with van der Waals surface area (Å²) in [5, 5.41) is 11.5. The quantitative estimate of drug-likeness (QED) is 0.740. The number of amides is 2. The summed E-state index contributed by atoms with van der Waals surface area (Å²) in [7, 11) is 2.17. The van der Waals surface area contributed by atoms with Crippen LogP contribution in [0.3, 0.4) is 0 Å². The van der Waals surface area contributed by atoms with Crippen molar-refractivity contribution in [2.75, 3.05) is 20.1 Å². The van der Waals surface area contributed by atoms with Crippen LogP contribution in [0.15, 0.2) is 24.3 Å². The maximum atomic E-state index is 10.3. The van der Waals surface area contributed by atoms with Gasteiger partial charge < -0.3 is 21.1 Å². The van der Waals surface area contributed by atoms with Gasteiger partial charge in [-0.25, -0.2) is 4.79 Å². The Hall–Kier alpha value is -1.75. The number of hydrogen-bond acceptors (Lipinski definition) is 3. The Bertz CT molecular complexity index is 376. The zero-order valence-electron chi connectivity index (χ0n) is 10.7. The van der Waals surface area contributed by atoms with E-state index in [0.717, 1.165) is 5.56 Å². The number of carbonyl (C=O) groups excluding carboxylic acids is 1. The molecule has 1 aromatic rings. The first-order chi connectivity index (χ1) is 8.58. The van der Waals surface area contributed by atoms with Gasteiger partial charge >= 0.3 is 6.03 Å². The molecule has 1 aliphatic heterocycles. The maximum Gasteiger partial charge on any atom is 0.312 e. The number of primary amides is 1. The van der Waals surface area contributed by atoms with Crippen LogP contribution in [0.2, 0.25) is 0 Å². The molecular weight excluding hydrogens is 230 g/mol. The van der Waals surface area contributed by atoms with E-state index in [9.17, 15) is 4.79 Å². The molecule has 0 atom stereocenters. The summed E-state index contributed by atoms with van der Waals surface area (Å²) in [6.45, 7) is 2.98. The highest BCUT2D eigenvalue weighted by atomic mass is 16.3. The van der Waals surface area contributed by atoms with Crippen LogP contribution in [0.1, 0.15) is 18.4 Å². The zero-order valence-corrected chi connectivity index (χ0v) is 10.7. The van der Waals surface area contributed by atoms with Crippen molar-refractivity contribution in [3.05, 3.63) is 29.8 Å². The Morgan fingerprint density at radius 2 is 2.11 bits per heavy atom. The average molecular weight is 251 g/mol. The predicted octanol–water partition coefficient (Wildman–Crippen LogP) is 1.27. The predicted molar refractivity (Wildman–Crippen MR) is 71.3 cm³/mol. The second-order valence-electron chi connectivity index (χ2n) is 4.40. The van der Waals surface area contributed by atoms with Gasteiger partial charge in [0.15, 0.2) is 0 Å². The van der Waals surface area contributed by atoms with Crippen molar-refractivity contribution in [3.8, 4) is 5.75 Å². The molecule has 1 saturated heterocycles. The molecule has 4 N–H and O–H groups in total. The molecule has 2 rings (SSSR count). The minimum absolute atomic E-state index is 0.179. The van der Waals surface area contributed by atoms with Gasteiger partial charge in [0.05, 0.1) is 0 Å². The van der Waals surface area contributed by atoms with E-state index in [4.69, 9.17) is 10.8 Å². The van der Waals surface area contributed by atoms with Crippen molar-refractivity contribution < 1.29 is 9.90 Å². The number of rotatable bonds is 2. The Morgan fingerprint density at radius 3 is 2.56 bits per heavy atom. The number of aromatic hydroxyl groups is 1. The van der Waals surface area contributed by atoms with Gasteiger partial charge in [0.2, 0.25) is 0 Å². The summed E-state index contributed by atoms with van der Waals surface area (Å²) >= 11 is 0. The van der Waals surface area contributed by atoms with E-state index in [-0.39, 0.29) is 5.75 Å². The molecule has 5 nitrogen and oxygen atoms in total. The monoisotopic (exact) mass is 251 g/mol. The van der Waals surface area contributed by atoms with Crippen molar-refractivity contribution in [2.45, 2.75) is 19.4 Å². The molecule has 1 fully saturated rings. The summed E-state index contributed by atoms with van der Waals surface area (Å²) in [6, 6.07) is 6.05. The molecule has 0 aliphatic carbocycles. The van der Waals surface area contributed by atoms with Gasteiger partial charge in [-0.15, -0.1) is 0 Å². The first-order valence-electron chi connectivity index (χ1n) is 6.07. The smallest absolute Gasteiger partial charge is 0.312 e. The average Bonchev–Trinajstić information content (AvgIpc) is 2.79. The third-order valence-corrected chi connectivity index (χ3v) is 2.71. The molecule has 1 aromatic carbocycles. The van der Waals surface area contributed by atoms with Crippen molar-refractivity contribution in [3.63, 3.8) is 0 Å². The van der Waals surface area contributed by atoms with Gasteiger partial charge in [-0.05, 0) is 50.7 Å². The number of phenols is 1. The molecule has 0 aromatic heterocycles. The highest BCUT2D eigenvalue weighted by molar-refractivity contribution is 5.71. The molecule has 0 radical (unpaired) electrons. The number of nitrogens with zero attached hydrogens (tertiary/aromatic N) is 1. The Morgan fingerprint density at radius 1 is 1.44 bits per heavy atom. The normalized spacial score (nSPS) is 14.7. The van der Waals surface area contributed by atoms with E-state index >= 15 is 0 Å². The zero-order chi connectivity index (χ0) is 13.4. The summed E-state index contributed by atoms with van der Waals surface area (Å²) in [5.74, 6) is 0.179. The Balaban J connectivity index is 0.000000225. The largest absolute Gasteiger partial charge is 0.508 e. The van der Waals surface area contributed by atoms with Crippen LogP contribution in [-0.2, 0) is 6.54 Å². The van der Waals surface area contributed by atoms with E-state index < -0.39 is 6.03 Å². The van der Waals surface area contributed by atoms with Crippen LogP contribution in [0, 0.1) is 0 Å². The number of carbonyl (C=O) groups is 1. The lowest BCUT2D eigenvalue weighted by Crippen LogP contribution is -2.28. The second-order valence-corrected chi connectivity index (χ2v) is 4.40. The molecule has 0 bridgehead atoms. The third-order valence-electron chi connectivity index (χ3n) is 2.71. The Kier molecular flexibility index (Phi) is 6.00. The molecule has 0 unspecified atom stereocenters. The molecule has 100 valence electrons. The Labute approximate surface area is 108 Å². The fourth-order valence-electron chi connectivity index (χ4n) is 1.73. The van der Waals surface area contributed by atoms with E-state index in [1.165, 1.54) is 25.9 Å². The molecule has 2 amide bonds. The highest BCUT2D eigenvalue weighted by Gasteiger charge is 2.03. The van der Waals surface area contributed by atoms with Crippen molar-refractivity contribution in [1.29, 1.82) is 0 Å². The van der Waals surface area contributed by atoms with Crippen LogP contribution in [0.5, 0.6) is 5.75 Å². The summed E-state index contributed by atoms with van der Waals surface area (Å²) in [4.78, 5) is 12.7. The SMILES string of the molecule is CN1CCCC1.NC(=O)NCc1cccc(O)c1. The lowest BCUT2D eigenvalue weighted by molar-refractivity contribution is 0.248. The molecular formula is C13H21N3O2. The van der Waals surface area contributed by atoms with E-state index in [1.807, 2.05) is 0 Å². The minimum atomic E-state index is -0.571. The number of likely N-dealkylation sites (tertiary alicyclic amines) is 1. The number of benzene rings is 1. The first-order valence-corrected chi connectivity index (χ1v) is 6.07. The van der Waals surface area contributed by atoms with Gasteiger partial charge in [0.25, 0.3) is 0 Å². The van der Waals surface area contributed by atoms with E-state index in [0.29, 0.717) is 6.54 Å². The van der Waals surface area contributed by atoms with Crippen LogP contribution in [0.4, 0.5) is 4.79 Å². The van der Waals surface area contributed by atoms with Gasteiger partial charge in [-0.3, -0.25) is 0 Å². The lowest BCUT2D eigenvalue weighted by atomic mass is 10.2. The highest BCUT2D eigenvalue weighted by Crippen LogP contribution is 2.10. The molecule has 0 spiro atoms. The van der Waals surface area contributed by atoms with Crippen molar-refractivity contribution in [2.24, 2.45) is 5.73 Å². The molecule has 1 heterocycles. The summed E-state index contributed by atoms with van der Waals surface area (Å²) < 4.78 is 0. The standard InChI is InChI=1S/C8H10N2O2.C5H11N/c9-8(12)10-5-6-2-1-3-7(11)4-6;1-6-4-2-3-5-6/h1-4,11H,5H2,(H3,9,10,12);2-5H2,1H3. The lowest BCUT2D eigenvalue weighted by Gasteiger charge is -2.01. The van der Waals surface area contributed by atoms with Crippen molar-refractivity contribution >= 4 is 6.03 Å². The fourth-order valence-corrected chi connectivity index (χ4v) is 1.73. The van der Waals surface area contributed by atoms with Crippen LogP contribution >= 0.6 is 0 Å². The topological polar surface area (TPSA) is 78.6 Å². The van der Waals surface area contributed by atoms with Gasteiger partial charge in [0, 0.05) is 6.54 Å². The fraction of sp³-hybridized carbons (Fsp3) is 0.462. The molecule has 5 heteroatoms. The summed E-state index contributed by atoms with van der Waals surface area (Å²) in [6.07, 6.45) is 2.83. The van der Waals surface area contributed by atoms with Crippen LogP contribution in [-0.4, -0.2) is 36.2 Å². The summed E-state index contributed by atoms with van der Waals surface area (Å²) in [5.41, 5.74) is 5.68. The third kappa shape index (κ3) is 6.10. The second kappa shape index (κ2) is 7.55. The molecule has 18 heavy (non-hydrogen) atoms. The number of urea groups is 1. The molecule has 1 aliphatic rings. The number of nitrogens with one attached hydrogen (secondary N) is 1. The maximum absolute atomic E-state index is 10.3. The first kappa shape index (κ1) is 14.3. The number of hydrogen-bond donors (Lipinski definition) is 3.